The maximum Gasteiger partial charge on any atom is 0.0462 e. The molecule has 0 amide bonds. The van der Waals surface area contributed by atoms with Crippen LogP contribution >= 0.6 is 11.8 Å². The smallest absolute Gasteiger partial charge is 0.0462 e. The predicted molar refractivity (Wildman–Crippen MR) is 90.8 cm³/mol. The van der Waals surface area contributed by atoms with Gasteiger partial charge in [-0.25, -0.2) is 0 Å². The van der Waals surface area contributed by atoms with Gasteiger partial charge >= 0.3 is 0 Å². The van der Waals surface area contributed by atoms with Crippen molar-refractivity contribution in [2.24, 2.45) is 11.8 Å². The number of hydrogen-bond acceptors (Lipinski definition) is 3. The highest BCUT2D eigenvalue weighted by Crippen LogP contribution is 2.27. The average molecular weight is 295 g/mol. The molecule has 0 spiro atoms. The lowest BCUT2D eigenvalue weighted by atomic mass is 9.89. The Morgan fingerprint density at radius 2 is 1.85 bits per heavy atom. The highest BCUT2D eigenvalue weighted by molar-refractivity contribution is 7.99. The van der Waals surface area contributed by atoms with Crippen LogP contribution in [-0.2, 0) is 0 Å². The molecule has 114 valence electrons. The lowest BCUT2D eigenvalue weighted by Crippen LogP contribution is -2.29. The fourth-order valence-electron chi connectivity index (χ4n) is 2.58. The van der Waals surface area contributed by atoms with Crippen molar-refractivity contribution in [1.82, 2.24) is 5.43 Å². The summed E-state index contributed by atoms with van der Waals surface area (Å²) in [5.74, 6) is 7.66. The number of nitrogens with two attached hydrogens (primary N) is 1. The Balaban J connectivity index is 2.64. The molecule has 0 aliphatic rings. The fourth-order valence-corrected chi connectivity index (χ4v) is 3.24. The Hall–Kier alpha value is -0.510. The van der Waals surface area contributed by atoms with Crippen molar-refractivity contribution in [3.8, 4) is 0 Å². The topological polar surface area (TPSA) is 38.0 Å². The molecule has 0 bridgehead atoms. The third-order valence-electron chi connectivity index (χ3n) is 3.91. The van der Waals surface area contributed by atoms with Crippen LogP contribution in [0.3, 0.4) is 0 Å². The minimum absolute atomic E-state index is 0.275. The number of benzene rings is 1. The van der Waals surface area contributed by atoms with E-state index in [9.17, 15) is 0 Å². The molecule has 3 N–H and O–H groups in total. The largest absolute Gasteiger partial charge is 0.271 e. The van der Waals surface area contributed by atoms with Crippen LogP contribution in [0.1, 0.15) is 64.5 Å². The highest BCUT2D eigenvalue weighted by atomic mass is 32.2. The summed E-state index contributed by atoms with van der Waals surface area (Å²) in [7, 11) is 0. The molecule has 0 radical (unpaired) electrons. The summed E-state index contributed by atoms with van der Waals surface area (Å²) in [6.07, 6.45) is 6.28. The van der Waals surface area contributed by atoms with Crippen molar-refractivity contribution in [2.75, 3.05) is 5.75 Å². The molecule has 1 aromatic rings. The second-order valence-corrected chi connectivity index (χ2v) is 6.71. The molecule has 2 nitrogen and oxygen atoms in total. The Kier molecular flexibility index (Phi) is 8.99. The molecule has 0 saturated carbocycles. The van der Waals surface area contributed by atoms with Gasteiger partial charge in [-0.15, -0.1) is 11.8 Å². The maximum absolute atomic E-state index is 5.78. The van der Waals surface area contributed by atoms with Crippen LogP contribution in [0, 0.1) is 5.92 Å². The normalized spacial score (nSPS) is 14.2. The van der Waals surface area contributed by atoms with E-state index in [1.54, 1.807) is 0 Å². The lowest BCUT2D eigenvalue weighted by Gasteiger charge is -2.22. The molecular weight excluding hydrogens is 264 g/mol. The van der Waals surface area contributed by atoms with Gasteiger partial charge in [-0.3, -0.25) is 11.3 Å². The number of thioether (sulfide) groups is 1. The van der Waals surface area contributed by atoms with Crippen LogP contribution in [0.15, 0.2) is 29.2 Å². The lowest BCUT2D eigenvalue weighted by molar-refractivity contribution is 0.356. The third-order valence-corrected chi connectivity index (χ3v) is 4.80. The summed E-state index contributed by atoms with van der Waals surface area (Å²) in [6, 6.07) is 9.13. The quantitative estimate of drug-likeness (QED) is 0.366. The molecule has 0 fully saturated rings. The standard InChI is InChI=1S/C17H30N2S/c1-4-7-8-14(5-2)13-17(19-18)15-9-11-16(12-10-15)20-6-3/h9-12,14,17,19H,4-8,13,18H2,1-3H3. The van der Waals surface area contributed by atoms with Crippen molar-refractivity contribution in [3.05, 3.63) is 29.8 Å². The van der Waals surface area contributed by atoms with E-state index in [0.717, 1.165) is 18.1 Å². The van der Waals surface area contributed by atoms with Crippen LogP contribution in [-0.4, -0.2) is 5.75 Å². The molecule has 1 rings (SSSR count). The monoisotopic (exact) mass is 294 g/mol. The van der Waals surface area contributed by atoms with Gasteiger partial charge in [0, 0.05) is 10.9 Å². The van der Waals surface area contributed by atoms with E-state index in [4.69, 9.17) is 5.84 Å². The van der Waals surface area contributed by atoms with Crippen molar-refractivity contribution in [2.45, 2.75) is 63.8 Å². The SMILES string of the molecule is CCCCC(CC)CC(NN)c1ccc(SCC)cc1. The molecule has 0 saturated heterocycles. The first kappa shape index (κ1) is 17.5. The number of unbranched alkanes of at least 4 members (excludes halogenated alkanes) is 1. The van der Waals surface area contributed by atoms with Gasteiger partial charge in [0.1, 0.15) is 0 Å². The molecule has 2 unspecified atom stereocenters. The van der Waals surface area contributed by atoms with Crippen molar-refractivity contribution in [1.29, 1.82) is 0 Å². The number of rotatable bonds is 10. The molecule has 0 aliphatic carbocycles. The van der Waals surface area contributed by atoms with E-state index in [1.807, 2.05) is 11.8 Å². The van der Waals surface area contributed by atoms with Crippen molar-refractivity contribution >= 4 is 11.8 Å². The maximum atomic E-state index is 5.78. The summed E-state index contributed by atoms with van der Waals surface area (Å²) in [6.45, 7) is 6.73. The minimum atomic E-state index is 0.275. The predicted octanol–water partition coefficient (Wildman–Crippen LogP) is 4.91. The summed E-state index contributed by atoms with van der Waals surface area (Å²) >= 11 is 1.88. The molecule has 3 heteroatoms. The Morgan fingerprint density at radius 1 is 1.15 bits per heavy atom. The summed E-state index contributed by atoms with van der Waals surface area (Å²) < 4.78 is 0. The minimum Gasteiger partial charge on any atom is -0.271 e. The van der Waals surface area contributed by atoms with Crippen molar-refractivity contribution < 1.29 is 0 Å². The molecule has 1 aromatic carbocycles. The average Bonchev–Trinajstić information content (AvgIpc) is 2.49. The number of nitrogens with one attached hydrogen (secondary N) is 1. The third kappa shape index (κ3) is 5.86. The second kappa shape index (κ2) is 10.3. The molecule has 0 aromatic heterocycles. The first-order chi connectivity index (χ1) is 9.74. The van der Waals surface area contributed by atoms with Crippen LogP contribution < -0.4 is 11.3 Å². The Morgan fingerprint density at radius 3 is 2.35 bits per heavy atom. The molecular formula is C17H30N2S. The van der Waals surface area contributed by atoms with Crippen LogP contribution in [0.5, 0.6) is 0 Å². The summed E-state index contributed by atoms with van der Waals surface area (Å²) in [5.41, 5.74) is 4.31. The highest BCUT2D eigenvalue weighted by Gasteiger charge is 2.15. The zero-order valence-corrected chi connectivity index (χ0v) is 14.0. The van der Waals surface area contributed by atoms with Gasteiger partial charge in [-0.05, 0) is 35.8 Å². The van der Waals surface area contributed by atoms with E-state index < -0.39 is 0 Å². The summed E-state index contributed by atoms with van der Waals surface area (Å²) in [5, 5.41) is 0. The zero-order valence-electron chi connectivity index (χ0n) is 13.2. The van der Waals surface area contributed by atoms with Crippen LogP contribution in [0.25, 0.3) is 0 Å². The van der Waals surface area contributed by atoms with Gasteiger partial charge in [0.05, 0.1) is 0 Å². The second-order valence-electron chi connectivity index (χ2n) is 5.37. The summed E-state index contributed by atoms with van der Waals surface area (Å²) in [4.78, 5) is 1.34. The van der Waals surface area contributed by atoms with E-state index >= 15 is 0 Å². The molecule has 0 aliphatic heterocycles. The molecule has 2 atom stereocenters. The van der Waals surface area contributed by atoms with Gasteiger partial charge in [-0.2, -0.15) is 0 Å². The van der Waals surface area contributed by atoms with E-state index in [1.165, 1.54) is 36.1 Å². The van der Waals surface area contributed by atoms with E-state index in [0.29, 0.717) is 0 Å². The first-order valence-electron chi connectivity index (χ1n) is 7.93. The van der Waals surface area contributed by atoms with E-state index in [-0.39, 0.29) is 6.04 Å². The van der Waals surface area contributed by atoms with Gasteiger partial charge < -0.3 is 0 Å². The first-order valence-corrected chi connectivity index (χ1v) is 8.92. The number of hydrogen-bond donors (Lipinski definition) is 2. The molecule has 20 heavy (non-hydrogen) atoms. The van der Waals surface area contributed by atoms with Crippen molar-refractivity contribution in [3.63, 3.8) is 0 Å². The van der Waals surface area contributed by atoms with Gasteiger partial charge in [-0.1, -0.05) is 58.6 Å². The fraction of sp³-hybridized carbons (Fsp3) is 0.647. The Labute approximate surface area is 128 Å². The van der Waals surface area contributed by atoms with Gasteiger partial charge in [0.2, 0.25) is 0 Å². The molecule has 0 heterocycles. The Bertz CT molecular complexity index is 351. The van der Waals surface area contributed by atoms with Crippen LogP contribution in [0.2, 0.25) is 0 Å². The van der Waals surface area contributed by atoms with E-state index in [2.05, 4.69) is 50.5 Å². The zero-order chi connectivity index (χ0) is 14.8. The number of hydrazine groups is 1. The van der Waals surface area contributed by atoms with Gasteiger partial charge in [0.15, 0.2) is 0 Å². The van der Waals surface area contributed by atoms with Gasteiger partial charge in [0.25, 0.3) is 0 Å². The van der Waals surface area contributed by atoms with Crippen LogP contribution in [0.4, 0.5) is 0 Å².